The zero-order valence-electron chi connectivity index (χ0n) is 10.4. The number of aryl methyl sites for hydroxylation is 2. The maximum atomic E-state index is 11.6. The number of Topliss-reactive ketones (excluding diaryl/α,β-unsaturated/α-hetero) is 1. The predicted molar refractivity (Wildman–Crippen MR) is 73.9 cm³/mol. The smallest absolute Gasteiger partial charge is 0.172 e. The topological polar surface area (TPSA) is 17.1 Å². The van der Waals surface area contributed by atoms with Crippen LogP contribution >= 0.6 is 11.3 Å². The van der Waals surface area contributed by atoms with E-state index in [1.165, 1.54) is 21.6 Å². The molecule has 0 aliphatic carbocycles. The monoisotopic (exact) mass is 244 g/mol. The van der Waals surface area contributed by atoms with Crippen LogP contribution < -0.4 is 0 Å². The number of hydrogen-bond donors (Lipinski definition) is 0. The lowest BCUT2D eigenvalue weighted by Crippen LogP contribution is -1.90. The van der Waals surface area contributed by atoms with E-state index in [-0.39, 0.29) is 5.78 Å². The van der Waals surface area contributed by atoms with Gasteiger partial charge in [-0.15, -0.1) is 11.3 Å². The summed E-state index contributed by atoms with van der Waals surface area (Å²) in [6.45, 7) is 6.10. The van der Waals surface area contributed by atoms with E-state index in [9.17, 15) is 4.79 Å². The van der Waals surface area contributed by atoms with Crippen molar-refractivity contribution in [1.29, 1.82) is 0 Å². The van der Waals surface area contributed by atoms with Crippen molar-refractivity contribution in [3.8, 4) is 10.4 Å². The lowest BCUT2D eigenvalue weighted by Gasteiger charge is -2.04. The molecule has 1 heterocycles. The summed E-state index contributed by atoms with van der Waals surface area (Å²) in [6, 6.07) is 10.4. The summed E-state index contributed by atoms with van der Waals surface area (Å²) in [5.74, 6) is 0.228. The SMILES string of the molecule is CCC(=O)c1ccc(-c2cc(C)ccc2C)s1. The Balaban J connectivity index is 2.43. The Labute approximate surface area is 106 Å². The van der Waals surface area contributed by atoms with Gasteiger partial charge in [0.1, 0.15) is 0 Å². The minimum atomic E-state index is 0.228. The minimum Gasteiger partial charge on any atom is -0.293 e. The third-order valence-corrected chi connectivity index (χ3v) is 4.02. The third-order valence-electron chi connectivity index (χ3n) is 2.86. The van der Waals surface area contributed by atoms with E-state index in [4.69, 9.17) is 0 Å². The van der Waals surface area contributed by atoms with Crippen molar-refractivity contribution in [2.75, 3.05) is 0 Å². The molecule has 0 radical (unpaired) electrons. The molecule has 2 aromatic rings. The lowest BCUT2D eigenvalue weighted by atomic mass is 10.0. The summed E-state index contributed by atoms with van der Waals surface area (Å²) >= 11 is 1.59. The average molecular weight is 244 g/mol. The van der Waals surface area contributed by atoms with Crippen LogP contribution in [-0.4, -0.2) is 5.78 Å². The molecule has 0 bridgehead atoms. The molecule has 0 unspecified atom stereocenters. The van der Waals surface area contributed by atoms with Crippen LogP contribution in [0.25, 0.3) is 10.4 Å². The van der Waals surface area contributed by atoms with Gasteiger partial charge >= 0.3 is 0 Å². The summed E-state index contributed by atoms with van der Waals surface area (Å²) in [4.78, 5) is 13.7. The fourth-order valence-electron chi connectivity index (χ4n) is 1.81. The Morgan fingerprint density at radius 3 is 2.65 bits per heavy atom. The molecule has 0 saturated carbocycles. The first kappa shape index (κ1) is 12.1. The maximum absolute atomic E-state index is 11.6. The molecule has 0 amide bonds. The Morgan fingerprint density at radius 1 is 1.18 bits per heavy atom. The van der Waals surface area contributed by atoms with Gasteiger partial charge in [-0.2, -0.15) is 0 Å². The van der Waals surface area contributed by atoms with Crippen molar-refractivity contribution >= 4 is 17.1 Å². The molecule has 0 aliphatic heterocycles. The first-order chi connectivity index (χ1) is 8.11. The van der Waals surface area contributed by atoms with E-state index in [1.54, 1.807) is 11.3 Å². The molecule has 0 aliphatic rings. The van der Waals surface area contributed by atoms with Crippen molar-refractivity contribution in [3.63, 3.8) is 0 Å². The average Bonchev–Trinajstić information content (AvgIpc) is 2.80. The quantitative estimate of drug-likeness (QED) is 0.720. The van der Waals surface area contributed by atoms with E-state index in [0.29, 0.717) is 6.42 Å². The molecule has 0 atom stereocenters. The van der Waals surface area contributed by atoms with Gasteiger partial charge in [0.05, 0.1) is 4.88 Å². The van der Waals surface area contributed by atoms with Crippen LogP contribution in [-0.2, 0) is 0 Å². The van der Waals surface area contributed by atoms with E-state index in [0.717, 1.165) is 4.88 Å². The fourth-order valence-corrected chi connectivity index (χ4v) is 2.91. The summed E-state index contributed by atoms with van der Waals surface area (Å²) in [7, 11) is 0. The lowest BCUT2D eigenvalue weighted by molar-refractivity contribution is 0.0992. The second-order valence-electron chi connectivity index (χ2n) is 4.26. The molecule has 17 heavy (non-hydrogen) atoms. The molecule has 0 N–H and O–H groups in total. The Bertz CT molecular complexity index is 552. The number of rotatable bonds is 3. The number of benzene rings is 1. The maximum Gasteiger partial charge on any atom is 0.172 e. The molecule has 2 rings (SSSR count). The van der Waals surface area contributed by atoms with Gasteiger partial charge in [0.15, 0.2) is 5.78 Å². The molecule has 1 aromatic heterocycles. The normalized spacial score (nSPS) is 10.5. The molecule has 0 spiro atoms. The minimum absolute atomic E-state index is 0.228. The van der Waals surface area contributed by atoms with Crippen molar-refractivity contribution in [2.45, 2.75) is 27.2 Å². The Hall–Kier alpha value is -1.41. The molecule has 1 aromatic carbocycles. The van der Waals surface area contributed by atoms with E-state index in [2.05, 4.69) is 38.1 Å². The van der Waals surface area contributed by atoms with E-state index >= 15 is 0 Å². The highest BCUT2D eigenvalue weighted by Crippen LogP contribution is 2.31. The second kappa shape index (κ2) is 4.84. The summed E-state index contributed by atoms with van der Waals surface area (Å²) in [5.41, 5.74) is 3.75. The van der Waals surface area contributed by atoms with Crippen LogP contribution in [0, 0.1) is 13.8 Å². The van der Waals surface area contributed by atoms with Crippen molar-refractivity contribution < 1.29 is 4.79 Å². The van der Waals surface area contributed by atoms with Crippen LogP contribution in [0.2, 0.25) is 0 Å². The fraction of sp³-hybridized carbons (Fsp3) is 0.267. The van der Waals surface area contributed by atoms with E-state index in [1.807, 2.05) is 13.0 Å². The first-order valence-electron chi connectivity index (χ1n) is 5.82. The number of thiophene rings is 1. The zero-order valence-corrected chi connectivity index (χ0v) is 11.2. The number of carbonyl (C=O) groups excluding carboxylic acids is 1. The van der Waals surface area contributed by atoms with Gasteiger partial charge in [-0.3, -0.25) is 4.79 Å². The van der Waals surface area contributed by atoms with Gasteiger partial charge in [0, 0.05) is 11.3 Å². The highest BCUT2D eigenvalue weighted by Gasteiger charge is 2.09. The Kier molecular flexibility index (Phi) is 3.43. The van der Waals surface area contributed by atoms with Crippen LogP contribution in [0.5, 0.6) is 0 Å². The van der Waals surface area contributed by atoms with Gasteiger partial charge < -0.3 is 0 Å². The van der Waals surface area contributed by atoms with Gasteiger partial charge in [-0.25, -0.2) is 0 Å². The number of carbonyl (C=O) groups is 1. The van der Waals surface area contributed by atoms with Gasteiger partial charge in [0.2, 0.25) is 0 Å². The molecule has 1 nitrogen and oxygen atoms in total. The van der Waals surface area contributed by atoms with Crippen molar-refractivity contribution in [1.82, 2.24) is 0 Å². The summed E-state index contributed by atoms with van der Waals surface area (Å²) in [5, 5.41) is 0. The Morgan fingerprint density at radius 2 is 1.94 bits per heavy atom. The predicted octanol–water partition coefficient (Wildman–Crippen LogP) is 4.62. The van der Waals surface area contributed by atoms with Crippen molar-refractivity contribution in [3.05, 3.63) is 46.3 Å². The molecule has 0 fully saturated rings. The molecule has 88 valence electrons. The van der Waals surface area contributed by atoms with Gasteiger partial charge in [0.25, 0.3) is 0 Å². The van der Waals surface area contributed by atoms with Crippen LogP contribution in [0.15, 0.2) is 30.3 Å². The largest absolute Gasteiger partial charge is 0.293 e. The highest BCUT2D eigenvalue weighted by atomic mass is 32.1. The first-order valence-corrected chi connectivity index (χ1v) is 6.64. The van der Waals surface area contributed by atoms with Crippen molar-refractivity contribution in [2.24, 2.45) is 0 Å². The standard InChI is InChI=1S/C15H16OS/c1-4-13(16)15-8-7-14(17-15)12-9-10(2)5-6-11(12)3/h5-9H,4H2,1-3H3. The summed E-state index contributed by atoms with van der Waals surface area (Å²) < 4.78 is 0. The second-order valence-corrected chi connectivity index (χ2v) is 5.34. The molecule has 0 saturated heterocycles. The highest BCUT2D eigenvalue weighted by molar-refractivity contribution is 7.17. The molecule has 2 heteroatoms. The van der Waals surface area contributed by atoms with Crippen LogP contribution in [0.4, 0.5) is 0 Å². The van der Waals surface area contributed by atoms with Crippen LogP contribution in [0.3, 0.4) is 0 Å². The van der Waals surface area contributed by atoms with Gasteiger partial charge in [-0.1, -0.05) is 30.7 Å². The third kappa shape index (κ3) is 2.47. The van der Waals surface area contributed by atoms with E-state index < -0.39 is 0 Å². The molecular formula is C15H16OS. The van der Waals surface area contributed by atoms with Crippen LogP contribution in [0.1, 0.15) is 34.1 Å². The number of hydrogen-bond acceptors (Lipinski definition) is 2. The van der Waals surface area contributed by atoms with Gasteiger partial charge in [-0.05, 0) is 37.1 Å². The summed E-state index contributed by atoms with van der Waals surface area (Å²) in [6.07, 6.45) is 0.576. The zero-order chi connectivity index (χ0) is 12.4. The molecular weight excluding hydrogens is 228 g/mol. The number of ketones is 1.